The molecule has 0 saturated carbocycles. The number of aliphatic carboxylic acids is 1. The van der Waals surface area contributed by atoms with E-state index in [1.165, 1.54) is 32.6 Å². The summed E-state index contributed by atoms with van der Waals surface area (Å²) < 4.78 is 26.3. The second-order valence-electron chi connectivity index (χ2n) is 21.4. The van der Waals surface area contributed by atoms with Crippen LogP contribution in [0.4, 0.5) is 11.4 Å². The van der Waals surface area contributed by atoms with Crippen molar-refractivity contribution >= 4 is 117 Å². The Hall–Kier alpha value is -7.77. The molecular weight excluding hydrogens is 1380 g/mol. The van der Waals surface area contributed by atoms with Crippen LogP contribution in [0.2, 0.25) is 0 Å². The number of ketones is 2. The van der Waals surface area contributed by atoms with Gasteiger partial charge in [0.15, 0.2) is 17.2 Å². The average Bonchev–Trinajstić information content (AvgIpc) is 0.806. The molecule has 0 radical (unpaired) electrons. The number of nitrogens with zero attached hydrogens (tertiary/aromatic N) is 6. The summed E-state index contributed by atoms with van der Waals surface area (Å²) in [6.07, 6.45) is 9.30. The summed E-state index contributed by atoms with van der Waals surface area (Å²) in [5, 5.41) is 12.2. The fourth-order valence-electron chi connectivity index (χ4n) is 7.36. The monoisotopic (exact) mass is 1450 g/mol. The number of carboxylic acid groups (broad SMARTS) is 1. The standard InChI is InChI=1S/C20H19N3O2.C14H18BrNO3.C13H15BrN2O2.C9H10BrNO.C7H5N.C5H10O3.ClH/c1-20(2,25-4)19-22-17-13-14(8-10-15-7-5-6-12-21-15)9-11-16(17)18(24)23(19)3;1-5-12(17)10-7-6-9(15)8-11(10)16-13(18)14(2,3)19-4;1-13(2,18-4)12-15-10-7-8(14)5-6-9(10)11(17)16(12)3;1-2-9(12)7-4-3-6(10)5-8(7)11;1-2-7-5-3-4-6-8-7;1-5(2,8-3)4(6)7;/h5-7,9,11-13H,1-4H3;6-8H,5H2,1-4H3,(H,16,18);5-7H,1-4H3;3-5H,2,11H2,1H3;1,3-6H;1-3H3,(H,6,7);1H. The first-order valence-electron chi connectivity index (χ1n) is 27.8. The number of ether oxygens (including phenoxy) is 4. The van der Waals surface area contributed by atoms with Gasteiger partial charge in [0.1, 0.15) is 39.8 Å². The zero-order valence-electron chi connectivity index (χ0n) is 53.9. The first-order chi connectivity index (χ1) is 42.2. The Morgan fingerprint density at radius 3 is 1.45 bits per heavy atom. The third-order valence-electron chi connectivity index (χ3n) is 13.6. The van der Waals surface area contributed by atoms with Crippen LogP contribution >= 0.6 is 60.2 Å². The summed E-state index contributed by atoms with van der Waals surface area (Å²) in [5.74, 6) is 8.51. The Kier molecular flexibility index (Phi) is 31.7. The maximum absolute atomic E-state index is 12.6. The van der Waals surface area contributed by atoms with Crippen LogP contribution < -0.4 is 22.2 Å². The lowest BCUT2D eigenvalue weighted by molar-refractivity contribution is -0.157. The van der Waals surface area contributed by atoms with Gasteiger partial charge in [-0.2, -0.15) is 0 Å². The van der Waals surface area contributed by atoms with Gasteiger partial charge in [0.05, 0.1) is 27.5 Å². The van der Waals surface area contributed by atoms with Crippen LogP contribution in [0.25, 0.3) is 21.8 Å². The first kappa shape index (κ1) is 79.3. The molecular formula is C68H78Br3ClN8O11. The Morgan fingerprint density at radius 2 is 1.03 bits per heavy atom. The normalized spacial score (nSPS) is 10.8. The van der Waals surface area contributed by atoms with Crippen molar-refractivity contribution in [2.75, 3.05) is 39.5 Å². The maximum Gasteiger partial charge on any atom is 0.335 e. The van der Waals surface area contributed by atoms with E-state index in [1.54, 1.807) is 115 Å². The number of nitrogens with one attached hydrogen (secondary N) is 1. The van der Waals surface area contributed by atoms with Gasteiger partial charge < -0.3 is 35.1 Å². The minimum absolute atomic E-state index is 0. The first-order valence-corrected chi connectivity index (χ1v) is 30.2. The van der Waals surface area contributed by atoms with E-state index < -0.39 is 28.4 Å². The number of nitrogen functional groups attached to an aromatic ring is 1. The number of benzene rings is 4. The van der Waals surface area contributed by atoms with Gasteiger partial charge in [-0.25, -0.2) is 24.7 Å². The molecule has 1 amide bonds. The summed E-state index contributed by atoms with van der Waals surface area (Å²) in [5.41, 5.74) is 7.81. The van der Waals surface area contributed by atoms with Gasteiger partial charge in [0.2, 0.25) is 0 Å². The third-order valence-corrected chi connectivity index (χ3v) is 15.1. The Bertz CT molecular complexity index is 4050. The molecule has 0 unspecified atom stereocenters. The Balaban J connectivity index is 0.000000388. The van der Waals surface area contributed by atoms with Gasteiger partial charge in [-0.1, -0.05) is 85.6 Å². The molecule has 0 saturated heterocycles. The van der Waals surface area contributed by atoms with Crippen molar-refractivity contribution < 1.29 is 43.2 Å². The minimum atomic E-state index is -1.04. The van der Waals surface area contributed by atoms with E-state index in [0.717, 1.165) is 19.0 Å². The zero-order chi connectivity index (χ0) is 67.9. The van der Waals surface area contributed by atoms with Crippen molar-refractivity contribution in [3.05, 3.63) is 195 Å². The van der Waals surface area contributed by atoms with Gasteiger partial charge in [-0.05, 0) is 158 Å². The summed E-state index contributed by atoms with van der Waals surface area (Å²) in [7, 11) is 9.47. The van der Waals surface area contributed by atoms with E-state index in [0.29, 0.717) is 80.2 Å². The van der Waals surface area contributed by atoms with Gasteiger partial charge in [-0.3, -0.25) is 33.1 Å². The molecule has 0 aliphatic heterocycles. The van der Waals surface area contributed by atoms with Crippen LogP contribution in [0.15, 0.2) is 145 Å². The fraction of sp³-hybridized carbons (Fsp3) is 0.324. The predicted molar refractivity (Wildman–Crippen MR) is 372 cm³/mol. The van der Waals surface area contributed by atoms with E-state index >= 15 is 0 Å². The molecule has 4 aromatic carbocycles. The van der Waals surface area contributed by atoms with Crippen LogP contribution in [-0.4, -0.2) is 97.3 Å². The molecule has 8 rings (SSSR count). The number of pyridine rings is 2. The second kappa shape index (κ2) is 36.3. The molecule has 0 aliphatic carbocycles. The number of halogens is 4. The van der Waals surface area contributed by atoms with Crippen LogP contribution in [0.3, 0.4) is 0 Å². The highest BCUT2D eigenvalue weighted by atomic mass is 79.9. The number of terminal acetylenes is 1. The zero-order valence-corrected chi connectivity index (χ0v) is 59.4. The smallest absolute Gasteiger partial charge is 0.335 e. The van der Waals surface area contributed by atoms with Gasteiger partial charge in [0.25, 0.3) is 17.0 Å². The highest BCUT2D eigenvalue weighted by Crippen LogP contribution is 2.27. The molecule has 23 heteroatoms. The molecule has 0 aliphatic rings. The number of carboxylic acids is 1. The highest BCUT2D eigenvalue weighted by molar-refractivity contribution is 9.11. The number of aromatic nitrogens is 6. The van der Waals surface area contributed by atoms with E-state index in [1.807, 2.05) is 95.3 Å². The SMILES string of the molecule is C#Cc1ccccn1.CCC(=O)c1ccc(Br)cc1N.CCC(=O)c1ccc(Br)cc1NC(=O)C(C)(C)OC.COC(C)(C)C(=O)O.COC(C)(C)c1nc2cc(Br)ccc2c(=O)n1C.COC(C)(C)c1nc2cc(C#Cc3ccccn3)ccc2c(=O)n1C.Cl. The number of carbonyl (C=O) groups is 4. The molecule has 91 heavy (non-hydrogen) atoms. The highest BCUT2D eigenvalue weighted by Gasteiger charge is 2.30. The number of fused-ring (bicyclic) bond motifs is 2. The Labute approximate surface area is 563 Å². The quantitative estimate of drug-likeness (QED) is 0.0551. The third kappa shape index (κ3) is 23.1. The molecule has 0 atom stereocenters. The van der Waals surface area contributed by atoms with Crippen molar-refractivity contribution in [3.8, 4) is 24.2 Å². The molecule has 4 N–H and O–H groups in total. The number of amides is 1. The fourth-order valence-corrected chi connectivity index (χ4v) is 8.45. The lowest BCUT2D eigenvalue weighted by Gasteiger charge is -2.24. The average molecular weight is 1460 g/mol. The second-order valence-corrected chi connectivity index (χ2v) is 24.2. The number of nitrogens with two attached hydrogens (primary N) is 1. The Morgan fingerprint density at radius 1 is 0.593 bits per heavy atom. The lowest BCUT2D eigenvalue weighted by Crippen LogP contribution is -2.39. The predicted octanol–water partition coefficient (Wildman–Crippen LogP) is 13.2. The van der Waals surface area contributed by atoms with Crippen LogP contribution in [0.5, 0.6) is 0 Å². The summed E-state index contributed by atoms with van der Waals surface area (Å²) in [4.78, 5) is 87.4. The molecule has 19 nitrogen and oxygen atoms in total. The van der Waals surface area contributed by atoms with Crippen LogP contribution in [0, 0.1) is 24.2 Å². The molecule has 4 aromatic heterocycles. The molecule has 0 bridgehead atoms. The largest absolute Gasteiger partial charge is 0.479 e. The van der Waals surface area contributed by atoms with Crippen LogP contribution in [-0.2, 0) is 53.8 Å². The number of rotatable bonds is 13. The van der Waals surface area contributed by atoms with Crippen molar-refractivity contribution in [2.24, 2.45) is 14.1 Å². The number of methoxy groups -OCH3 is 4. The minimum Gasteiger partial charge on any atom is -0.479 e. The van der Waals surface area contributed by atoms with Gasteiger partial charge in [0, 0.05) is 104 Å². The van der Waals surface area contributed by atoms with Crippen molar-refractivity contribution in [2.45, 2.75) is 104 Å². The molecule has 4 heterocycles. The topological polar surface area (TPSA) is 259 Å². The summed E-state index contributed by atoms with van der Waals surface area (Å²) in [6, 6.07) is 32.4. The van der Waals surface area contributed by atoms with E-state index in [9.17, 15) is 28.8 Å². The molecule has 0 spiro atoms. The van der Waals surface area contributed by atoms with Crippen molar-refractivity contribution in [1.82, 2.24) is 29.1 Å². The number of carbonyl (C=O) groups excluding carboxylic acids is 3. The summed E-state index contributed by atoms with van der Waals surface area (Å²) >= 11 is 9.99. The van der Waals surface area contributed by atoms with Gasteiger partial charge >= 0.3 is 5.97 Å². The van der Waals surface area contributed by atoms with E-state index in [-0.39, 0.29) is 41.0 Å². The number of anilines is 2. The van der Waals surface area contributed by atoms with Crippen LogP contribution in [0.1, 0.15) is 131 Å². The van der Waals surface area contributed by atoms with Crippen molar-refractivity contribution in [3.63, 3.8) is 0 Å². The van der Waals surface area contributed by atoms with E-state index in [4.69, 9.17) is 31.5 Å². The van der Waals surface area contributed by atoms with E-state index in [2.05, 4.69) is 95.5 Å². The molecule has 8 aromatic rings. The summed E-state index contributed by atoms with van der Waals surface area (Å²) in [6.45, 7) is 17.5. The van der Waals surface area contributed by atoms with Gasteiger partial charge in [-0.15, -0.1) is 18.8 Å². The number of Topliss-reactive ketones (excluding diaryl/α,β-unsaturated/α-hetero) is 2. The molecule has 0 fully saturated rings. The number of hydrogen-bond donors (Lipinski definition) is 3. The lowest BCUT2D eigenvalue weighted by atomic mass is 10.0. The molecule has 484 valence electrons. The van der Waals surface area contributed by atoms with Crippen molar-refractivity contribution in [1.29, 1.82) is 0 Å². The maximum atomic E-state index is 12.6. The number of hydrogen-bond acceptors (Lipinski definition) is 15.